The van der Waals surface area contributed by atoms with Crippen molar-refractivity contribution < 1.29 is 9.90 Å². The van der Waals surface area contributed by atoms with Crippen LogP contribution < -0.4 is 5.32 Å². The second kappa shape index (κ2) is 5.67. The molecule has 5 nitrogen and oxygen atoms in total. The number of carbonyl (C=O) groups is 1. The Balaban J connectivity index is 2.31. The minimum Gasteiger partial charge on any atom is -0.478 e. The molecule has 0 atom stereocenters. The van der Waals surface area contributed by atoms with Crippen molar-refractivity contribution in [1.82, 2.24) is 15.1 Å². The van der Waals surface area contributed by atoms with E-state index in [1.165, 1.54) is 0 Å². The van der Waals surface area contributed by atoms with Gasteiger partial charge in [-0.1, -0.05) is 13.0 Å². The van der Waals surface area contributed by atoms with E-state index in [2.05, 4.69) is 17.3 Å². The number of nitrogens with one attached hydrogen (secondary N) is 1. The molecular weight excluding hydrogens is 242 g/mol. The van der Waals surface area contributed by atoms with Crippen molar-refractivity contribution in [3.05, 3.63) is 47.3 Å². The zero-order chi connectivity index (χ0) is 13.8. The van der Waals surface area contributed by atoms with Crippen LogP contribution in [0.1, 0.15) is 28.5 Å². The largest absolute Gasteiger partial charge is 0.478 e. The van der Waals surface area contributed by atoms with E-state index in [9.17, 15) is 4.79 Å². The highest BCUT2D eigenvalue weighted by atomic mass is 16.4. The second-order valence-electron chi connectivity index (χ2n) is 4.32. The maximum atomic E-state index is 11.0. The number of benzene rings is 1. The van der Waals surface area contributed by atoms with Crippen LogP contribution in [0.15, 0.2) is 30.5 Å². The monoisotopic (exact) mass is 259 g/mol. The van der Waals surface area contributed by atoms with E-state index >= 15 is 0 Å². The van der Waals surface area contributed by atoms with Crippen molar-refractivity contribution in [3.63, 3.8) is 0 Å². The highest BCUT2D eigenvalue weighted by Gasteiger charge is 2.08. The highest BCUT2D eigenvalue weighted by Crippen LogP contribution is 2.13. The number of rotatable bonds is 5. The van der Waals surface area contributed by atoms with Crippen LogP contribution in [-0.2, 0) is 6.54 Å². The Morgan fingerprint density at radius 3 is 2.95 bits per heavy atom. The Labute approximate surface area is 111 Å². The first-order valence-corrected chi connectivity index (χ1v) is 6.21. The number of aryl methyl sites for hydroxylation is 1. The van der Waals surface area contributed by atoms with Crippen LogP contribution in [0.2, 0.25) is 0 Å². The molecule has 19 heavy (non-hydrogen) atoms. The van der Waals surface area contributed by atoms with Gasteiger partial charge in [0.1, 0.15) is 0 Å². The fourth-order valence-electron chi connectivity index (χ4n) is 1.84. The predicted octanol–water partition coefficient (Wildman–Crippen LogP) is 1.99. The first-order valence-electron chi connectivity index (χ1n) is 6.21. The van der Waals surface area contributed by atoms with Gasteiger partial charge in [0.2, 0.25) is 0 Å². The molecule has 0 aliphatic heterocycles. The molecule has 0 aliphatic rings. The molecule has 0 radical (unpaired) electrons. The summed E-state index contributed by atoms with van der Waals surface area (Å²) < 4.78 is 1.72. The van der Waals surface area contributed by atoms with Gasteiger partial charge >= 0.3 is 5.97 Å². The lowest BCUT2D eigenvalue weighted by Gasteiger charge is -2.02. The summed E-state index contributed by atoms with van der Waals surface area (Å²) in [4.78, 5) is 11.0. The molecule has 100 valence electrons. The molecule has 0 saturated carbocycles. The Morgan fingerprint density at radius 2 is 2.26 bits per heavy atom. The molecule has 2 aromatic rings. The number of nitrogens with zero attached hydrogens (tertiary/aromatic N) is 2. The van der Waals surface area contributed by atoms with Crippen LogP contribution in [0.25, 0.3) is 5.69 Å². The molecule has 0 amide bonds. The third-order valence-electron chi connectivity index (χ3n) is 2.92. The third kappa shape index (κ3) is 3.00. The molecule has 1 aromatic carbocycles. The summed E-state index contributed by atoms with van der Waals surface area (Å²) >= 11 is 0. The summed E-state index contributed by atoms with van der Waals surface area (Å²) in [5.41, 5.74) is 3.08. The number of hydrogen-bond acceptors (Lipinski definition) is 3. The summed E-state index contributed by atoms with van der Waals surface area (Å²) in [5.74, 6) is -0.932. The summed E-state index contributed by atoms with van der Waals surface area (Å²) in [5, 5.41) is 16.7. The van der Waals surface area contributed by atoms with Crippen molar-refractivity contribution in [2.45, 2.75) is 20.4 Å². The lowest BCUT2D eigenvalue weighted by atomic mass is 10.2. The normalized spacial score (nSPS) is 10.6. The average molecular weight is 259 g/mol. The highest BCUT2D eigenvalue weighted by molar-refractivity contribution is 5.88. The molecule has 0 unspecified atom stereocenters. The Morgan fingerprint density at radius 1 is 1.47 bits per heavy atom. The van der Waals surface area contributed by atoms with Gasteiger partial charge in [-0.15, -0.1) is 0 Å². The van der Waals surface area contributed by atoms with E-state index in [1.54, 1.807) is 22.9 Å². The molecule has 0 saturated heterocycles. The van der Waals surface area contributed by atoms with Crippen molar-refractivity contribution in [3.8, 4) is 5.69 Å². The van der Waals surface area contributed by atoms with Crippen molar-refractivity contribution in [2.24, 2.45) is 0 Å². The quantitative estimate of drug-likeness (QED) is 0.861. The third-order valence-corrected chi connectivity index (χ3v) is 2.92. The van der Waals surface area contributed by atoms with Crippen LogP contribution in [0.3, 0.4) is 0 Å². The Kier molecular flexibility index (Phi) is 3.97. The summed E-state index contributed by atoms with van der Waals surface area (Å²) in [6, 6.07) is 6.75. The fourth-order valence-corrected chi connectivity index (χ4v) is 1.84. The zero-order valence-corrected chi connectivity index (χ0v) is 11.1. The van der Waals surface area contributed by atoms with Crippen LogP contribution >= 0.6 is 0 Å². The van der Waals surface area contributed by atoms with Crippen LogP contribution in [-0.4, -0.2) is 27.4 Å². The Bertz CT molecular complexity index is 590. The van der Waals surface area contributed by atoms with Crippen LogP contribution in [0, 0.1) is 6.92 Å². The average Bonchev–Trinajstić information content (AvgIpc) is 2.78. The fraction of sp³-hybridized carbons (Fsp3) is 0.286. The van der Waals surface area contributed by atoms with Gasteiger partial charge in [0, 0.05) is 18.3 Å². The van der Waals surface area contributed by atoms with E-state index in [0.717, 1.165) is 30.0 Å². The van der Waals surface area contributed by atoms with Gasteiger partial charge in [0.15, 0.2) is 0 Å². The molecule has 5 heteroatoms. The molecular formula is C14H17N3O2. The maximum absolute atomic E-state index is 11.0. The molecule has 1 aromatic heterocycles. The van der Waals surface area contributed by atoms with Crippen molar-refractivity contribution >= 4 is 5.97 Å². The van der Waals surface area contributed by atoms with Gasteiger partial charge < -0.3 is 10.4 Å². The topological polar surface area (TPSA) is 67.2 Å². The molecule has 0 aliphatic carbocycles. The van der Waals surface area contributed by atoms with Crippen LogP contribution in [0.4, 0.5) is 0 Å². The summed E-state index contributed by atoms with van der Waals surface area (Å²) in [6.07, 6.45) is 1.93. The minimum absolute atomic E-state index is 0.263. The van der Waals surface area contributed by atoms with E-state index in [1.807, 2.05) is 19.2 Å². The molecule has 0 spiro atoms. The summed E-state index contributed by atoms with van der Waals surface area (Å²) in [6.45, 7) is 5.67. The predicted molar refractivity (Wildman–Crippen MR) is 72.6 cm³/mol. The zero-order valence-electron chi connectivity index (χ0n) is 11.1. The number of carboxylic acids is 1. The number of aromatic carboxylic acids is 1. The van der Waals surface area contributed by atoms with E-state index in [0.29, 0.717) is 0 Å². The van der Waals surface area contributed by atoms with Gasteiger partial charge in [-0.3, -0.25) is 0 Å². The van der Waals surface area contributed by atoms with Gasteiger partial charge in [-0.2, -0.15) is 5.10 Å². The van der Waals surface area contributed by atoms with Gasteiger partial charge in [-0.05, 0) is 31.7 Å². The molecule has 2 N–H and O–H groups in total. The summed E-state index contributed by atoms with van der Waals surface area (Å²) in [7, 11) is 0. The molecule has 2 rings (SSSR count). The lowest BCUT2D eigenvalue weighted by Crippen LogP contribution is -2.11. The molecule has 1 heterocycles. The number of carboxylic acid groups (broad SMARTS) is 1. The van der Waals surface area contributed by atoms with Gasteiger partial charge in [0.05, 0.1) is 16.9 Å². The Hall–Kier alpha value is -2.14. The van der Waals surface area contributed by atoms with Crippen LogP contribution in [0.5, 0.6) is 0 Å². The van der Waals surface area contributed by atoms with Crippen molar-refractivity contribution in [1.29, 1.82) is 0 Å². The van der Waals surface area contributed by atoms with Gasteiger partial charge in [-0.25, -0.2) is 9.48 Å². The minimum atomic E-state index is -0.932. The lowest BCUT2D eigenvalue weighted by molar-refractivity contribution is 0.0697. The first kappa shape index (κ1) is 13.3. The number of aromatic nitrogens is 2. The SMILES string of the molecule is CCNCc1cn(-c2cccc(C(=O)O)c2)nc1C. The molecule has 0 bridgehead atoms. The number of hydrogen-bond donors (Lipinski definition) is 2. The van der Waals surface area contributed by atoms with Crippen molar-refractivity contribution in [2.75, 3.05) is 6.54 Å². The first-order chi connectivity index (χ1) is 9.11. The van der Waals surface area contributed by atoms with Gasteiger partial charge in [0.25, 0.3) is 0 Å². The smallest absolute Gasteiger partial charge is 0.335 e. The second-order valence-corrected chi connectivity index (χ2v) is 4.32. The van der Waals surface area contributed by atoms with E-state index in [-0.39, 0.29) is 5.56 Å². The molecule has 0 fully saturated rings. The standard InChI is InChI=1S/C14H17N3O2/c1-3-15-8-12-9-17(16-10(12)2)13-6-4-5-11(7-13)14(18)19/h4-7,9,15H,3,8H2,1-2H3,(H,18,19). The maximum Gasteiger partial charge on any atom is 0.335 e. The van der Waals surface area contributed by atoms with E-state index in [4.69, 9.17) is 5.11 Å². The van der Waals surface area contributed by atoms with E-state index < -0.39 is 5.97 Å².